The molecule has 0 bridgehead atoms. The molecule has 3 aliphatic heterocycles. The van der Waals surface area contributed by atoms with Crippen LogP contribution in [0.25, 0.3) is 0 Å². The summed E-state index contributed by atoms with van der Waals surface area (Å²) >= 11 is 0. The Morgan fingerprint density at radius 2 is 1.90 bits per heavy atom. The zero-order valence-corrected chi connectivity index (χ0v) is 12.4. The summed E-state index contributed by atoms with van der Waals surface area (Å²) in [6.45, 7) is 5.65. The first-order valence-electron chi connectivity index (χ1n) is 7.73. The maximum absolute atomic E-state index is 11.5. The number of carbonyl (C=O) groups is 1. The first-order chi connectivity index (χ1) is 10.2. The molecule has 2 saturated heterocycles. The lowest BCUT2D eigenvalue weighted by molar-refractivity contribution is -0.118. The van der Waals surface area contributed by atoms with Gasteiger partial charge >= 0.3 is 0 Å². The highest BCUT2D eigenvalue weighted by atomic mass is 16.2. The molecule has 0 saturated carbocycles. The van der Waals surface area contributed by atoms with Crippen LogP contribution >= 0.6 is 0 Å². The van der Waals surface area contributed by atoms with Crippen molar-refractivity contribution in [1.29, 1.82) is 0 Å². The Morgan fingerprint density at radius 3 is 2.71 bits per heavy atom. The molecule has 21 heavy (non-hydrogen) atoms. The molecule has 0 aliphatic carbocycles. The van der Waals surface area contributed by atoms with Gasteiger partial charge in [-0.1, -0.05) is 6.07 Å². The molecule has 0 atom stereocenters. The predicted octanol–water partition coefficient (Wildman–Crippen LogP) is 1.92. The van der Waals surface area contributed by atoms with Crippen LogP contribution < -0.4 is 10.2 Å². The summed E-state index contributed by atoms with van der Waals surface area (Å²) in [6, 6.07) is 4.44. The molecule has 0 spiro atoms. The minimum atomic E-state index is 0.0366. The lowest BCUT2D eigenvalue weighted by Gasteiger charge is -2.32. The number of piperidine rings is 1. The average molecular weight is 284 g/mol. The molecule has 1 aromatic carbocycles. The van der Waals surface area contributed by atoms with Crippen molar-refractivity contribution in [2.24, 2.45) is 4.99 Å². The molecule has 3 heterocycles. The number of guanidine groups is 1. The Labute approximate surface area is 124 Å². The maximum Gasteiger partial charge on any atom is 0.246 e. The molecule has 5 heteroatoms. The number of rotatable bonds is 1. The summed E-state index contributed by atoms with van der Waals surface area (Å²) in [6.07, 6.45) is 3.88. The van der Waals surface area contributed by atoms with Gasteiger partial charge in [0.1, 0.15) is 6.54 Å². The lowest BCUT2D eigenvalue weighted by Crippen LogP contribution is -2.33. The van der Waals surface area contributed by atoms with Crippen LogP contribution in [-0.2, 0) is 11.3 Å². The summed E-state index contributed by atoms with van der Waals surface area (Å²) in [5.74, 6) is 0.746. The number of anilines is 1. The molecule has 4 rings (SSSR count). The van der Waals surface area contributed by atoms with Crippen molar-refractivity contribution in [3.63, 3.8) is 0 Å². The van der Waals surface area contributed by atoms with Gasteiger partial charge in [-0.2, -0.15) is 0 Å². The zero-order chi connectivity index (χ0) is 14.4. The van der Waals surface area contributed by atoms with Gasteiger partial charge in [0, 0.05) is 25.3 Å². The number of hydrogen-bond acceptors (Lipinski definition) is 4. The Morgan fingerprint density at radius 1 is 1.10 bits per heavy atom. The van der Waals surface area contributed by atoms with E-state index in [1.807, 2.05) is 4.90 Å². The van der Waals surface area contributed by atoms with Crippen molar-refractivity contribution in [1.82, 2.24) is 10.2 Å². The highest BCUT2D eigenvalue weighted by Crippen LogP contribution is 2.34. The van der Waals surface area contributed by atoms with E-state index in [1.165, 1.54) is 36.1 Å². The average Bonchev–Trinajstić information content (AvgIpc) is 2.84. The largest absolute Gasteiger partial charge is 0.371 e. The van der Waals surface area contributed by atoms with Crippen LogP contribution in [0, 0.1) is 6.92 Å². The van der Waals surface area contributed by atoms with Gasteiger partial charge < -0.3 is 9.80 Å². The third kappa shape index (κ3) is 2.17. The molecule has 1 N–H and O–H groups in total. The summed E-state index contributed by atoms with van der Waals surface area (Å²) in [7, 11) is 0. The van der Waals surface area contributed by atoms with E-state index in [0.29, 0.717) is 12.5 Å². The number of hydrogen-bond donors (Lipinski definition) is 1. The highest BCUT2D eigenvalue weighted by Gasteiger charge is 2.29. The van der Waals surface area contributed by atoms with Crippen molar-refractivity contribution < 1.29 is 4.79 Å². The normalized spacial score (nSPS) is 20.8. The van der Waals surface area contributed by atoms with E-state index in [9.17, 15) is 4.79 Å². The van der Waals surface area contributed by atoms with Gasteiger partial charge in [-0.25, -0.2) is 4.99 Å². The van der Waals surface area contributed by atoms with Gasteiger partial charge in [-0.05, 0) is 43.4 Å². The maximum atomic E-state index is 11.5. The number of fused-ring (bicyclic) bond motifs is 2. The predicted molar refractivity (Wildman–Crippen MR) is 82.9 cm³/mol. The smallest absolute Gasteiger partial charge is 0.246 e. The first-order valence-corrected chi connectivity index (χ1v) is 7.73. The number of amides is 1. The van der Waals surface area contributed by atoms with Crippen molar-refractivity contribution in [2.75, 3.05) is 24.5 Å². The van der Waals surface area contributed by atoms with Crippen LogP contribution in [-0.4, -0.2) is 36.4 Å². The van der Waals surface area contributed by atoms with Crippen LogP contribution in [0.5, 0.6) is 0 Å². The highest BCUT2D eigenvalue weighted by molar-refractivity contribution is 6.05. The number of nitrogens with zero attached hydrogens (tertiary/aromatic N) is 3. The van der Waals surface area contributed by atoms with Crippen molar-refractivity contribution in [3.8, 4) is 0 Å². The molecule has 0 aromatic heterocycles. The Hall–Kier alpha value is -2.04. The fourth-order valence-electron chi connectivity index (χ4n) is 3.49. The third-order valence-electron chi connectivity index (χ3n) is 4.57. The molecule has 1 aromatic rings. The second-order valence-electron chi connectivity index (χ2n) is 6.15. The van der Waals surface area contributed by atoms with Crippen molar-refractivity contribution in [2.45, 2.75) is 32.7 Å². The van der Waals surface area contributed by atoms with Crippen molar-refractivity contribution in [3.05, 3.63) is 23.3 Å². The Bertz CT molecular complexity index is 631. The van der Waals surface area contributed by atoms with E-state index in [2.05, 4.69) is 34.3 Å². The molecule has 1 amide bonds. The standard InChI is InChI=1S/C16H20N4O/c1-11-7-12-9-20-10-15(21)18-16(20)17-13(12)8-14(11)19-5-3-2-4-6-19/h7-8H,2-6,9-10H2,1H3,(H,17,18,21). The monoisotopic (exact) mass is 284 g/mol. The first kappa shape index (κ1) is 12.7. The second kappa shape index (κ2) is 4.76. The summed E-state index contributed by atoms with van der Waals surface area (Å²) in [5.41, 5.74) is 4.84. The van der Waals surface area contributed by atoms with E-state index >= 15 is 0 Å². The quantitative estimate of drug-likeness (QED) is 0.857. The van der Waals surface area contributed by atoms with Crippen LogP contribution in [0.4, 0.5) is 11.4 Å². The van der Waals surface area contributed by atoms with E-state index in [1.54, 1.807) is 0 Å². The van der Waals surface area contributed by atoms with E-state index in [0.717, 1.165) is 25.3 Å². The Balaban J connectivity index is 1.71. The van der Waals surface area contributed by atoms with Crippen LogP contribution in [0.3, 0.4) is 0 Å². The van der Waals surface area contributed by atoms with E-state index in [-0.39, 0.29) is 5.91 Å². The number of carbonyl (C=O) groups excluding carboxylic acids is 1. The zero-order valence-electron chi connectivity index (χ0n) is 12.4. The van der Waals surface area contributed by atoms with Gasteiger partial charge in [-0.15, -0.1) is 0 Å². The molecular weight excluding hydrogens is 264 g/mol. The molecule has 0 unspecified atom stereocenters. The molecule has 0 radical (unpaired) electrons. The lowest BCUT2D eigenvalue weighted by atomic mass is 10.0. The van der Waals surface area contributed by atoms with Crippen LogP contribution in [0.2, 0.25) is 0 Å². The van der Waals surface area contributed by atoms with Gasteiger partial charge in [0.25, 0.3) is 0 Å². The molecule has 2 fully saturated rings. The van der Waals surface area contributed by atoms with Gasteiger partial charge in [0.2, 0.25) is 11.9 Å². The summed E-state index contributed by atoms with van der Waals surface area (Å²) < 4.78 is 0. The molecule has 5 nitrogen and oxygen atoms in total. The van der Waals surface area contributed by atoms with E-state index in [4.69, 9.17) is 0 Å². The van der Waals surface area contributed by atoms with Crippen LogP contribution in [0.15, 0.2) is 17.1 Å². The summed E-state index contributed by atoms with van der Waals surface area (Å²) in [5, 5.41) is 2.83. The van der Waals surface area contributed by atoms with E-state index < -0.39 is 0 Å². The number of aliphatic imine (C=N–C) groups is 1. The minimum Gasteiger partial charge on any atom is -0.371 e. The fourth-order valence-corrected chi connectivity index (χ4v) is 3.49. The number of benzene rings is 1. The third-order valence-corrected chi connectivity index (χ3v) is 4.57. The van der Waals surface area contributed by atoms with Gasteiger partial charge in [-0.3, -0.25) is 10.1 Å². The molecule has 3 aliphatic rings. The molecular formula is C16H20N4O. The van der Waals surface area contributed by atoms with Crippen LogP contribution in [0.1, 0.15) is 30.4 Å². The van der Waals surface area contributed by atoms with Gasteiger partial charge in [0.05, 0.1) is 5.69 Å². The SMILES string of the molecule is Cc1cc2c(cc1N1CCCCC1)N=C1NC(=O)CN1C2. The Kier molecular flexibility index (Phi) is 2.87. The number of nitrogens with one attached hydrogen (secondary N) is 1. The summed E-state index contributed by atoms with van der Waals surface area (Å²) in [4.78, 5) is 20.6. The minimum absolute atomic E-state index is 0.0366. The fraction of sp³-hybridized carbons (Fsp3) is 0.500. The van der Waals surface area contributed by atoms with Crippen molar-refractivity contribution >= 4 is 23.2 Å². The number of aryl methyl sites for hydroxylation is 1. The molecule has 110 valence electrons. The van der Waals surface area contributed by atoms with Gasteiger partial charge in [0.15, 0.2) is 0 Å². The second-order valence-corrected chi connectivity index (χ2v) is 6.15. The topological polar surface area (TPSA) is 47.9 Å².